The van der Waals surface area contributed by atoms with Crippen molar-refractivity contribution < 1.29 is 0 Å². The fourth-order valence-electron chi connectivity index (χ4n) is 5.93. The van der Waals surface area contributed by atoms with E-state index in [0.717, 1.165) is 62.1 Å². The number of rotatable bonds is 15. The zero-order chi connectivity index (χ0) is 28.2. The average molecular weight is 533 g/mol. The smallest absolute Gasteiger partial charge is 0.0890 e. The molecule has 3 fully saturated rings. The second kappa shape index (κ2) is 15.9. The first-order chi connectivity index (χ1) is 18.8. The molecule has 2 atom stereocenters. The molecule has 1 heterocycles. The molecular weight excluding hydrogens is 480 g/mol. The van der Waals surface area contributed by atoms with E-state index in [-0.39, 0.29) is 5.92 Å². The Morgan fingerprint density at radius 3 is 2.51 bits per heavy atom. The van der Waals surface area contributed by atoms with Gasteiger partial charge in [0.15, 0.2) is 0 Å². The van der Waals surface area contributed by atoms with Crippen molar-refractivity contribution in [3.8, 4) is 0 Å². The number of hydrogen-bond acceptors (Lipinski definition) is 6. The Balaban J connectivity index is 1.80. The SMILES string of the molecule is C=N/C(=C\C(CC[C@@H]1CCCN1C)=N/C/C(C)=C(\CCC)C(=N)C1CCCCC1=C)C(=N)/C=C\NC1CCC1. The van der Waals surface area contributed by atoms with Crippen LogP contribution in [0, 0.1) is 16.7 Å². The van der Waals surface area contributed by atoms with Crippen molar-refractivity contribution in [3.63, 3.8) is 0 Å². The quantitative estimate of drug-likeness (QED) is 0.151. The lowest BCUT2D eigenvalue weighted by atomic mass is 9.78. The Kier molecular flexibility index (Phi) is 12.6. The molecule has 0 spiro atoms. The maximum Gasteiger partial charge on any atom is 0.0890 e. The lowest BCUT2D eigenvalue weighted by molar-refractivity contribution is 0.300. The van der Waals surface area contributed by atoms with Gasteiger partial charge in [-0.05, 0) is 127 Å². The summed E-state index contributed by atoms with van der Waals surface area (Å²) in [5, 5.41) is 21.0. The molecule has 3 rings (SSSR count). The maximum atomic E-state index is 9.07. The Labute approximate surface area is 237 Å². The monoisotopic (exact) mass is 532 g/mol. The van der Waals surface area contributed by atoms with E-state index in [2.05, 4.69) is 49.4 Å². The van der Waals surface area contributed by atoms with E-state index in [1.807, 2.05) is 12.3 Å². The van der Waals surface area contributed by atoms with Crippen molar-refractivity contribution in [3.05, 3.63) is 47.3 Å². The summed E-state index contributed by atoms with van der Waals surface area (Å²) >= 11 is 0. The van der Waals surface area contributed by atoms with E-state index < -0.39 is 0 Å². The van der Waals surface area contributed by atoms with Gasteiger partial charge in [-0.15, -0.1) is 0 Å². The normalized spacial score (nSPS) is 24.0. The predicted octanol–water partition coefficient (Wildman–Crippen LogP) is 7.44. The second-order valence-corrected chi connectivity index (χ2v) is 11.7. The van der Waals surface area contributed by atoms with Gasteiger partial charge in [-0.2, -0.15) is 0 Å². The van der Waals surface area contributed by atoms with E-state index in [1.165, 1.54) is 56.1 Å². The van der Waals surface area contributed by atoms with E-state index in [0.29, 0.717) is 30.0 Å². The van der Waals surface area contributed by atoms with Crippen LogP contribution in [0.3, 0.4) is 0 Å². The molecule has 0 bridgehead atoms. The van der Waals surface area contributed by atoms with Crippen LogP contribution in [0.2, 0.25) is 0 Å². The molecular formula is C33H52N6. The molecule has 1 saturated heterocycles. The Bertz CT molecular complexity index is 1010. The number of allylic oxidation sites excluding steroid dienone is 4. The lowest BCUT2D eigenvalue weighted by Crippen LogP contribution is -2.31. The summed E-state index contributed by atoms with van der Waals surface area (Å²) in [6.45, 7) is 14.1. The zero-order valence-corrected chi connectivity index (χ0v) is 24.8. The molecule has 6 nitrogen and oxygen atoms in total. The summed E-state index contributed by atoms with van der Waals surface area (Å²) in [6.07, 6.45) is 20.1. The number of hydrogen-bond donors (Lipinski definition) is 3. The maximum absolute atomic E-state index is 9.07. The van der Waals surface area contributed by atoms with Gasteiger partial charge in [0.05, 0.1) is 18.0 Å². The minimum atomic E-state index is 0.189. The Morgan fingerprint density at radius 1 is 1.10 bits per heavy atom. The van der Waals surface area contributed by atoms with Crippen LogP contribution in [-0.4, -0.2) is 61.0 Å². The number of nitrogens with zero attached hydrogens (tertiary/aromatic N) is 3. The van der Waals surface area contributed by atoms with E-state index in [1.54, 1.807) is 6.08 Å². The molecule has 2 saturated carbocycles. The summed E-state index contributed by atoms with van der Waals surface area (Å²) in [4.78, 5) is 11.7. The highest BCUT2D eigenvalue weighted by molar-refractivity contribution is 6.11. The predicted molar refractivity (Wildman–Crippen MR) is 169 cm³/mol. The number of nitrogens with one attached hydrogen (secondary N) is 3. The van der Waals surface area contributed by atoms with Crippen LogP contribution in [0.5, 0.6) is 0 Å². The number of likely N-dealkylation sites (tertiary alicyclic amines) is 1. The standard InChI is InChI=1S/C33H52N6/c1-6-11-29(33(35)30-16-8-7-12-24(30)2)25(3)23-38-27(17-18-28-15-10-21-39(28)5)22-32(36-4)31(34)19-20-37-26-13-9-14-26/h19-20,22,26,28,30,34-35,37H,2,4,6-18,21,23H2,1,3,5H3/b20-19-,29-25+,32-22-,34-31?,35-33?,38-27-/t28-,30?/m0/s1. The minimum absolute atomic E-state index is 0.189. The van der Waals surface area contributed by atoms with Crippen LogP contribution in [0.25, 0.3) is 0 Å². The van der Waals surface area contributed by atoms with Crippen LogP contribution < -0.4 is 5.32 Å². The van der Waals surface area contributed by atoms with Crippen molar-refractivity contribution in [2.75, 3.05) is 20.1 Å². The summed E-state index contributed by atoms with van der Waals surface area (Å²) in [7, 11) is 2.21. The van der Waals surface area contributed by atoms with Gasteiger partial charge >= 0.3 is 0 Å². The van der Waals surface area contributed by atoms with Crippen molar-refractivity contribution in [2.24, 2.45) is 15.9 Å². The molecule has 214 valence electrons. The Morgan fingerprint density at radius 2 is 1.90 bits per heavy atom. The topological polar surface area (TPSA) is 87.7 Å². The largest absolute Gasteiger partial charge is 0.388 e. The van der Waals surface area contributed by atoms with Crippen LogP contribution in [0.1, 0.15) is 97.3 Å². The Hall–Kier alpha value is -2.60. The molecule has 2 aliphatic carbocycles. The van der Waals surface area contributed by atoms with E-state index in [4.69, 9.17) is 15.8 Å². The van der Waals surface area contributed by atoms with Gasteiger partial charge in [0.2, 0.25) is 0 Å². The molecule has 0 aromatic heterocycles. The summed E-state index contributed by atoms with van der Waals surface area (Å²) < 4.78 is 0. The first-order valence-electron chi connectivity index (χ1n) is 15.2. The molecule has 0 aromatic carbocycles. The van der Waals surface area contributed by atoms with Gasteiger partial charge in [0.1, 0.15) is 0 Å². The highest BCUT2D eigenvalue weighted by Crippen LogP contribution is 2.32. The molecule has 3 aliphatic rings. The van der Waals surface area contributed by atoms with Gasteiger partial charge in [-0.3, -0.25) is 15.4 Å². The molecule has 39 heavy (non-hydrogen) atoms. The van der Waals surface area contributed by atoms with E-state index >= 15 is 0 Å². The van der Waals surface area contributed by atoms with Gasteiger partial charge in [-0.1, -0.05) is 31.9 Å². The van der Waals surface area contributed by atoms with Crippen LogP contribution in [0.4, 0.5) is 0 Å². The van der Waals surface area contributed by atoms with Crippen molar-refractivity contribution in [1.29, 1.82) is 10.8 Å². The second-order valence-electron chi connectivity index (χ2n) is 11.7. The van der Waals surface area contributed by atoms with Gasteiger partial charge in [-0.25, -0.2) is 0 Å². The highest BCUT2D eigenvalue weighted by atomic mass is 15.1. The molecule has 6 heteroatoms. The first-order valence-corrected chi connectivity index (χ1v) is 15.2. The number of aliphatic imine (C=N–C) groups is 2. The van der Waals surface area contributed by atoms with Crippen LogP contribution in [0.15, 0.2) is 57.3 Å². The molecule has 1 unspecified atom stereocenters. The average Bonchev–Trinajstić information content (AvgIpc) is 3.32. The third-order valence-corrected chi connectivity index (χ3v) is 8.78. The van der Waals surface area contributed by atoms with E-state index in [9.17, 15) is 0 Å². The lowest BCUT2D eigenvalue weighted by Gasteiger charge is -2.27. The fraction of sp³-hybridized carbons (Fsp3) is 0.636. The zero-order valence-electron chi connectivity index (χ0n) is 24.8. The van der Waals surface area contributed by atoms with Crippen molar-refractivity contribution in [2.45, 2.75) is 109 Å². The molecule has 0 aromatic rings. The van der Waals surface area contributed by atoms with Crippen LogP contribution in [-0.2, 0) is 0 Å². The molecule has 0 radical (unpaired) electrons. The summed E-state index contributed by atoms with van der Waals surface area (Å²) in [5.41, 5.74) is 6.19. The van der Waals surface area contributed by atoms with Crippen molar-refractivity contribution in [1.82, 2.24) is 10.2 Å². The summed E-state index contributed by atoms with van der Waals surface area (Å²) in [5.74, 6) is 0.189. The van der Waals surface area contributed by atoms with Gasteiger partial charge < -0.3 is 15.6 Å². The molecule has 3 N–H and O–H groups in total. The molecule has 0 amide bonds. The fourth-order valence-corrected chi connectivity index (χ4v) is 5.93. The van der Waals surface area contributed by atoms with Crippen LogP contribution >= 0.6 is 0 Å². The minimum Gasteiger partial charge on any atom is -0.388 e. The molecule has 1 aliphatic heterocycles. The van der Waals surface area contributed by atoms with Gasteiger partial charge in [0.25, 0.3) is 0 Å². The summed E-state index contributed by atoms with van der Waals surface area (Å²) in [6, 6.07) is 1.11. The van der Waals surface area contributed by atoms with Gasteiger partial charge in [0, 0.05) is 29.4 Å². The highest BCUT2D eigenvalue weighted by Gasteiger charge is 2.25. The van der Waals surface area contributed by atoms with Crippen molar-refractivity contribution >= 4 is 23.9 Å². The third-order valence-electron chi connectivity index (χ3n) is 8.78. The third kappa shape index (κ3) is 9.23. The first kappa shape index (κ1) is 30.9.